The van der Waals surface area contributed by atoms with Crippen molar-refractivity contribution in [3.8, 4) is 11.5 Å². The van der Waals surface area contributed by atoms with E-state index in [0.29, 0.717) is 4.83 Å². The maximum atomic E-state index is 5.36. The summed E-state index contributed by atoms with van der Waals surface area (Å²) in [6.07, 6.45) is 2.34. The van der Waals surface area contributed by atoms with Crippen LogP contribution in [0.25, 0.3) is 0 Å². The van der Waals surface area contributed by atoms with E-state index in [-0.39, 0.29) is 0 Å². The Kier molecular flexibility index (Phi) is 6.00. The van der Waals surface area contributed by atoms with Crippen LogP contribution in [0.2, 0.25) is 0 Å². The molecule has 0 amide bonds. The highest BCUT2D eigenvalue weighted by atomic mass is 79.9. The van der Waals surface area contributed by atoms with E-state index in [4.69, 9.17) is 9.47 Å². The molecule has 0 saturated carbocycles. The lowest BCUT2D eigenvalue weighted by atomic mass is 9.98. The average molecular weight is 315 g/mol. The van der Waals surface area contributed by atoms with Crippen LogP contribution < -0.4 is 9.47 Å². The van der Waals surface area contributed by atoms with Gasteiger partial charge in [0.25, 0.3) is 0 Å². The summed E-state index contributed by atoms with van der Waals surface area (Å²) in [4.78, 5) is 0.375. The zero-order valence-electron chi connectivity index (χ0n) is 11.9. The molecule has 0 bridgehead atoms. The van der Waals surface area contributed by atoms with E-state index in [1.54, 1.807) is 14.2 Å². The van der Waals surface area contributed by atoms with Crippen molar-refractivity contribution in [3.05, 3.63) is 23.3 Å². The van der Waals surface area contributed by atoms with Gasteiger partial charge in [-0.05, 0) is 48.9 Å². The van der Waals surface area contributed by atoms with Gasteiger partial charge in [-0.2, -0.15) is 0 Å². The Morgan fingerprint density at radius 2 is 1.61 bits per heavy atom. The fourth-order valence-electron chi connectivity index (χ4n) is 1.97. The van der Waals surface area contributed by atoms with Crippen LogP contribution in [0.4, 0.5) is 0 Å². The van der Waals surface area contributed by atoms with Gasteiger partial charge in [0, 0.05) is 4.83 Å². The molecule has 1 aromatic carbocycles. The van der Waals surface area contributed by atoms with Gasteiger partial charge < -0.3 is 9.47 Å². The van der Waals surface area contributed by atoms with Gasteiger partial charge in [-0.15, -0.1) is 0 Å². The molecule has 18 heavy (non-hydrogen) atoms. The molecule has 0 fully saturated rings. The molecule has 0 saturated heterocycles. The molecule has 0 radical (unpaired) electrons. The SMILES string of the molecule is COc1cc(C)c(C(Br)CCC(C)C)cc1OC. The average Bonchev–Trinajstić information content (AvgIpc) is 2.35. The van der Waals surface area contributed by atoms with Crippen molar-refractivity contribution in [1.82, 2.24) is 0 Å². The molecule has 3 heteroatoms. The maximum absolute atomic E-state index is 5.36. The standard InChI is InChI=1S/C15H23BrO2/c1-10(2)6-7-13(16)12-9-15(18-5)14(17-4)8-11(12)3/h8-10,13H,6-7H2,1-5H3. The van der Waals surface area contributed by atoms with Gasteiger partial charge in [0.1, 0.15) is 0 Å². The first kappa shape index (κ1) is 15.4. The van der Waals surface area contributed by atoms with E-state index in [1.165, 1.54) is 17.5 Å². The summed E-state index contributed by atoms with van der Waals surface area (Å²) in [6, 6.07) is 4.12. The van der Waals surface area contributed by atoms with Gasteiger partial charge in [-0.25, -0.2) is 0 Å². The topological polar surface area (TPSA) is 18.5 Å². The van der Waals surface area contributed by atoms with E-state index < -0.39 is 0 Å². The number of ether oxygens (including phenoxy) is 2. The van der Waals surface area contributed by atoms with E-state index in [0.717, 1.165) is 23.8 Å². The first-order chi connectivity index (χ1) is 8.49. The summed E-state index contributed by atoms with van der Waals surface area (Å²) in [7, 11) is 3.34. The monoisotopic (exact) mass is 314 g/mol. The van der Waals surface area contributed by atoms with Gasteiger partial charge in [0.15, 0.2) is 11.5 Å². The Morgan fingerprint density at radius 1 is 1.06 bits per heavy atom. The molecule has 1 atom stereocenters. The second kappa shape index (κ2) is 7.03. The van der Waals surface area contributed by atoms with Crippen LogP contribution >= 0.6 is 15.9 Å². The van der Waals surface area contributed by atoms with Crippen LogP contribution in [0.5, 0.6) is 11.5 Å². The molecular weight excluding hydrogens is 292 g/mol. The molecule has 1 unspecified atom stereocenters. The maximum Gasteiger partial charge on any atom is 0.161 e. The van der Waals surface area contributed by atoms with Crippen molar-refractivity contribution in [1.29, 1.82) is 0 Å². The fourth-order valence-corrected chi connectivity index (χ4v) is 2.73. The van der Waals surface area contributed by atoms with Crippen molar-refractivity contribution in [2.24, 2.45) is 5.92 Å². The van der Waals surface area contributed by atoms with Gasteiger partial charge in [-0.1, -0.05) is 29.8 Å². The Hall–Kier alpha value is -0.700. The first-order valence-corrected chi connectivity index (χ1v) is 7.27. The number of hydrogen-bond acceptors (Lipinski definition) is 2. The van der Waals surface area contributed by atoms with Crippen molar-refractivity contribution in [2.45, 2.75) is 38.4 Å². The number of alkyl halides is 1. The summed E-state index contributed by atoms with van der Waals surface area (Å²) in [5, 5.41) is 0. The highest BCUT2D eigenvalue weighted by Crippen LogP contribution is 2.38. The van der Waals surface area contributed by atoms with Gasteiger partial charge in [0.2, 0.25) is 0 Å². The molecule has 0 heterocycles. The smallest absolute Gasteiger partial charge is 0.161 e. The van der Waals surface area contributed by atoms with Crippen molar-refractivity contribution < 1.29 is 9.47 Å². The van der Waals surface area contributed by atoms with Crippen LogP contribution in [-0.2, 0) is 0 Å². The zero-order chi connectivity index (χ0) is 13.7. The van der Waals surface area contributed by atoms with Crippen molar-refractivity contribution >= 4 is 15.9 Å². The van der Waals surface area contributed by atoms with Crippen LogP contribution in [0.3, 0.4) is 0 Å². The number of benzene rings is 1. The lowest BCUT2D eigenvalue weighted by Gasteiger charge is -2.17. The molecule has 0 N–H and O–H groups in total. The van der Waals surface area contributed by atoms with Crippen LogP contribution in [-0.4, -0.2) is 14.2 Å². The lowest BCUT2D eigenvalue weighted by molar-refractivity contribution is 0.354. The molecule has 1 rings (SSSR count). The Bertz CT molecular complexity index is 388. The first-order valence-electron chi connectivity index (χ1n) is 6.36. The van der Waals surface area contributed by atoms with Crippen LogP contribution in [0.1, 0.15) is 42.6 Å². The van der Waals surface area contributed by atoms with Crippen LogP contribution in [0.15, 0.2) is 12.1 Å². The number of hydrogen-bond donors (Lipinski definition) is 0. The molecule has 0 aliphatic rings. The predicted molar refractivity (Wildman–Crippen MR) is 80.0 cm³/mol. The summed E-state index contributed by atoms with van der Waals surface area (Å²) < 4.78 is 10.7. The van der Waals surface area contributed by atoms with Gasteiger partial charge in [-0.3, -0.25) is 0 Å². The summed E-state index contributed by atoms with van der Waals surface area (Å²) in [5.41, 5.74) is 2.52. The van der Waals surface area contributed by atoms with E-state index in [1.807, 2.05) is 6.07 Å². The number of aryl methyl sites for hydroxylation is 1. The van der Waals surface area contributed by atoms with Gasteiger partial charge >= 0.3 is 0 Å². The second-order valence-electron chi connectivity index (χ2n) is 5.00. The molecule has 0 aromatic heterocycles. The molecule has 102 valence electrons. The van der Waals surface area contributed by atoms with Crippen LogP contribution in [0, 0.1) is 12.8 Å². The summed E-state index contributed by atoms with van der Waals surface area (Å²) in [6.45, 7) is 6.61. The second-order valence-corrected chi connectivity index (χ2v) is 6.11. The minimum Gasteiger partial charge on any atom is -0.493 e. The van der Waals surface area contributed by atoms with E-state index >= 15 is 0 Å². The van der Waals surface area contributed by atoms with Crippen molar-refractivity contribution in [2.75, 3.05) is 14.2 Å². The molecule has 0 aliphatic carbocycles. The predicted octanol–water partition coefficient (Wildman–Crippen LogP) is 4.88. The highest BCUT2D eigenvalue weighted by molar-refractivity contribution is 9.09. The Morgan fingerprint density at radius 3 is 2.11 bits per heavy atom. The summed E-state index contributed by atoms with van der Waals surface area (Å²) >= 11 is 3.78. The zero-order valence-corrected chi connectivity index (χ0v) is 13.5. The molecular formula is C15H23BrO2. The lowest BCUT2D eigenvalue weighted by Crippen LogP contribution is -1.99. The largest absolute Gasteiger partial charge is 0.493 e. The highest BCUT2D eigenvalue weighted by Gasteiger charge is 2.15. The third kappa shape index (κ3) is 3.91. The Labute approximate surface area is 119 Å². The normalized spacial score (nSPS) is 12.6. The third-order valence-corrected chi connectivity index (χ3v) is 4.06. The minimum atomic E-state index is 0.375. The Balaban J connectivity index is 2.94. The molecule has 0 aliphatic heterocycles. The molecule has 0 spiro atoms. The fraction of sp³-hybridized carbons (Fsp3) is 0.600. The number of halogens is 1. The number of rotatable bonds is 6. The van der Waals surface area contributed by atoms with Gasteiger partial charge in [0.05, 0.1) is 14.2 Å². The molecule has 1 aromatic rings. The number of methoxy groups -OCH3 is 2. The minimum absolute atomic E-state index is 0.375. The third-order valence-electron chi connectivity index (χ3n) is 3.11. The van der Waals surface area contributed by atoms with Crippen molar-refractivity contribution in [3.63, 3.8) is 0 Å². The van der Waals surface area contributed by atoms with E-state index in [9.17, 15) is 0 Å². The van der Waals surface area contributed by atoms with E-state index in [2.05, 4.69) is 42.8 Å². The molecule has 2 nitrogen and oxygen atoms in total. The summed E-state index contributed by atoms with van der Waals surface area (Å²) in [5.74, 6) is 2.32. The quantitative estimate of drug-likeness (QED) is 0.696.